The van der Waals surface area contributed by atoms with E-state index in [1.54, 1.807) is 12.1 Å². The van der Waals surface area contributed by atoms with Crippen LogP contribution in [-0.4, -0.2) is 44.9 Å². The van der Waals surface area contributed by atoms with Gasteiger partial charge in [0.1, 0.15) is 13.2 Å². The van der Waals surface area contributed by atoms with Crippen molar-refractivity contribution in [3.8, 4) is 0 Å². The summed E-state index contributed by atoms with van der Waals surface area (Å²) >= 11 is 0. The average molecular weight is 323 g/mol. The summed E-state index contributed by atoms with van der Waals surface area (Å²) in [7, 11) is 0. The van der Waals surface area contributed by atoms with Crippen molar-refractivity contribution >= 4 is 17.6 Å². The number of anilines is 1. The highest BCUT2D eigenvalue weighted by atomic mass is 16.6. The summed E-state index contributed by atoms with van der Waals surface area (Å²) in [6.07, 6.45) is 2.25. The zero-order chi connectivity index (χ0) is 16.9. The second-order valence-corrected chi connectivity index (χ2v) is 4.95. The second-order valence-electron chi connectivity index (χ2n) is 4.95. The third kappa shape index (κ3) is 8.83. The first-order valence-corrected chi connectivity index (χ1v) is 7.85. The van der Waals surface area contributed by atoms with Crippen LogP contribution in [0.3, 0.4) is 0 Å². The van der Waals surface area contributed by atoms with Gasteiger partial charge in [-0.05, 0) is 30.7 Å². The zero-order valence-electron chi connectivity index (χ0n) is 13.8. The van der Waals surface area contributed by atoms with Crippen LogP contribution in [0.2, 0.25) is 0 Å². The van der Waals surface area contributed by atoms with E-state index in [-0.39, 0.29) is 38.4 Å². The van der Waals surface area contributed by atoms with Crippen molar-refractivity contribution in [3.05, 3.63) is 29.8 Å². The largest absolute Gasteiger partial charge is 0.463 e. The van der Waals surface area contributed by atoms with Gasteiger partial charge in [0.15, 0.2) is 0 Å². The predicted octanol–water partition coefficient (Wildman–Crippen LogP) is 2.64. The van der Waals surface area contributed by atoms with Crippen molar-refractivity contribution in [1.29, 1.82) is 0 Å². The number of esters is 2. The third-order valence-corrected chi connectivity index (χ3v) is 2.97. The molecular formula is C17H25NO5. The Labute approximate surface area is 137 Å². The molecule has 0 aliphatic heterocycles. The highest BCUT2D eigenvalue weighted by molar-refractivity contribution is 5.89. The van der Waals surface area contributed by atoms with Crippen molar-refractivity contribution in [1.82, 2.24) is 0 Å². The van der Waals surface area contributed by atoms with Crippen LogP contribution >= 0.6 is 0 Å². The molecule has 0 saturated carbocycles. The molecule has 1 aromatic carbocycles. The monoisotopic (exact) mass is 323 g/mol. The summed E-state index contributed by atoms with van der Waals surface area (Å²) in [6, 6.07) is 7.19. The van der Waals surface area contributed by atoms with E-state index in [1.807, 2.05) is 12.1 Å². The Morgan fingerprint density at radius 2 is 1.65 bits per heavy atom. The first-order valence-electron chi connectivity index (χ1n) is 7.85. The number of benzene rings is 1. The molecule has 23 heavy (non-hydrogen) atoms. The molecule has 1 aromatic rings. The quantitative estimate of drug-likeness (QED) is 0.498. The summed E-state index contributed by atoms with van der Waals surface area (Å²) in [5.41, 5.74) is 1.50. The molecule has 0 aliphatic rings. The minimum Gasteiger partial charge on any atom is -0.463 e. The number of rotatable bonds is 11. The molecule has 0 spiro atoms. The lowest BCUT2D eigenvalue weighted by molar-refractivity contribution is -0.142. The number of hydrogen-bond donors (Lipinski definition) is 1. The number of unbranched alkanes of at least 4 members (excludes halogenated alkanes) is 1. The van der Waals surface area contributed by atoms with Crippen LogP contribution < -0.4 is 5.32 Å². The van der Waals surface area contributed by atoms with Crippen LogP contribution in [0, 0.1) is 0 Å². The highest BCUT2D eigenvalue weighted by Gasteiger charge is 2.06. The van der Waals surface area contributed by atoms with E-state index in [1.165, 1.54) is 6.92 Å². The molecule has 128 valence electrons. The van der Waals surface area contributed by atoms with Gasteiger partial charge < -0.3 is 19.5 Å². The molecule has 0 fully saturated rings. The molecule has 6 nitrogen and oxygen atoms in total. The van der Waals surface area contributed by atoms with Crippen LogP contribution in [0.5, 0.6) is 0 Å². The Morgan fingerprint density at radius 3 is 2.26 bits per heavy atom. The molecule has 0 atom stereocenters. The SMILES string of the molecule is CCCCNc1ccc(C(=O)OCCOCCOC(C)=O)cc1. The van der Waals surface area contributed by atoms with Gasteiger partial charge in [-0.3, -0.25) is 4.79 Å². The van der Waals surface area contributed by atoms with E-state index in [2.05, 4.69) is 12.2 Å². The van der Waals surface area contributed by atoms with Crippen LogP contribution in [0.1, 0.15) is 37.0 Å². The standard InChI is InChI=1S/C17H25NO5/c1-3-4-9-18-16-7-5-15(6-8-16)17(20)23-13-11-21-10-12-22-14(2)19/h5-8,18H,3-4,9-13H2,1-2H3. The smallest absolute Gasteiger partial charge is 0.338 e. The van der Waals surface area contributed by atoms with Crippen molar-refractivity contribution in [2.24, 2.45) is 0 Å². The molecule has 1 N–H and O–H groups in total. The van der Waals surface area contributed by atoms with E-state index in [4.69, 9.17) is 14.2 Å². The lowest BCUT2D eigenvalue weighted by Gasteiger charge is -2.08. The maximum atomic E-state index is 11.8. The van der Waals surface area contributed by atoms with Crippen LogP contribution in [-0.2, 0) is 19.0 Å². The van der Waals surface area contributed by atoms with E-state index in [0.717, 1.165) is 25.1 Å². The van der Waals surface area contributed by atoms with E-state index < -0.39 is 0 Å². The van der Waals surface area contributed by atoms with E-state index in [9.17, 15) is 9.59 Å². The predicted molar refractivity (Wildman–Crippen MR) is 87.6 cm³/mol. The topological polar surface area (TPSA) is 73.9 Å². The van der Waals surface area contributed by atoms with E-state index in [0.29, 0.717) is 5.56 Å². The van der Waals surface area contributed by atoms with Gasteiger partial charge in [-0.25, -0.2) is 4.79 Å². The Balaban J connectivity index is 2.18. The number of hydrogen-bond acceptors (Lipinski definition) is 6. The van der Waals surface area contributed by atoms with E-state index >= 15 is 0 Å². The number of nitrogens with one attached hydrogen (secondary N) is 1. The molecule has 0 heterocycles. The summed E-state index contributed by atoms with van der Waals surface area (Å²) in [5, 5.41) is 3.28. The Hall–Kier alpha value is -2.08. The van der Waals surface area contributed by atoms with Crippen LogP contribution in [0.15, 0.2) is 24.3 Å². The third-order valence-electron chi connectivity index (χ3n) is 2.97. The molecule has 0 radical (unpaired) electrons. The van der Waals surface area contributed by atoms with Gasteiger partial charge >= 0.3 is 11.9 Å². The van der Waals surface area contributed by atoms with Crippen LogP contribution in [0.4, 0.5) is 5.69 Å². The van der Waals surface area contributed by atoms with Gasteiger partial charge in [-0.15, -0.1) is 0 Å². The zero-order valence-corrected chi connectivity index (χ0v) is 13.8. The molecular weight excluding hydrogens is 298 g/mol. The molecule has 0 aromatic heterocycles. The highest BCUT2D eigenvalue weighted by Crippen LogP contribution is 2.10. The molecule has 0 bridgehead atoms. The minimum atomic E-state index is -0.381. The number of ether oxygens (including phenoxy) is 3. The maximum Gasteiger partial charge on any atom is 0.338 e. The Kier molecular flexibility index (Phi) is 9.47. The summed E-state index contributed by atoms with van der Waals surface area (Å²) in [5.74, 6) is -0.721. The maximum absolute atomic E-state index is 11.8. The first kappa shape index (κ1) is 19.0. The van der Waals surface area contributed by atoms with Gasteiger partial charge in [0, 0.05) is 19.2 Å². The van der Waals surface area contributed by atoms with Gasteiger partial charge in [0.2, 0.25) is 0 Å². The van der Waals surface area contributed by atoms with Crippen molar-refractivity contribution in [2.75, 3.05) is 38.3 Å². The van der Waals surface area contributed by atoms with Gasteiger partial charge in [0.05, 0.1) is 18.8 Å². The number of carbonyl (C=O) groups is 2. The molecule has 0 saturated heterocycles. The van der Waals surface area contributed by atoms with Crippen molar-refractivity contribution < 1.29 is 23.8 Å². The summed E-state index contributed by atoms with van der Waals surface area (Å²) in [6.45, 7) is 5.32. The molecule has 0 aliphatic carbocycles. The summed E-state index contributed by atoms with van der Waals surface area (Å²) < 4.78 is 15.0. The summed E-state index contributed by atoms with van der Waals surface area (Å²) in [4.78, 5) is 22.4. The second kappa shape index (κ2) is 11.5. The lowest BCUT2D eigenvalue weighted by atomic mass is 10.2. The number of carbonyl (C=O) groups excluding carboxylic acids is 2. The lowest BCUT2D eigenvalue weighted by Crippen LogP contribution is -2.13. The fourth-order valence-corrected chi connectivity index (χ4v) is 1.76. The molecule has 6 heteroatoms. The van der Waals surface area contributed by atoms with Gasteiger partial charge in [0.25, 0.3) is 0 Å². The normalized spacial score (nSPS) is 10.2. The molecule has 0 amide bonds. The minimum absolute atomic E-state index is 0.162. The van der Waals surface area contributed by atoms with Gasteiger partial charge in [-0.1, -0.05) is 13.3 Å². The average Bonchev–Trinajstić information content (AvgIpc) is 2.54. The Bertz CT molecular complexity index is 472. The van der Waals surface area contributed by atoms with Crippen molar-refractivity contribution in [3.63, 3.8) is 0 Å². The fourth-order valence-electron chi connectivity index (χ4n) is 1.76. The fraction of sp³-hybridized carbons (Fsp3) is 0.529. The first-order chi connectivity index (χ1) is 11.1. The molecule has 0 unspecified atom stereocenters. The molecule has 1 rings (SSSR count). The van der Waals surface area contributed by atoms with Gasteiger partial charge in [-0.2, -0.15) is 0 Å². The van der Waals surface area contributed by atoms with Crippen LogP contribution in [0.25, 0.3) is 0 Å². The van der Waals surface area contributed by atoms with Crippen molar-refractivity contribution in [2.45, 2.75) is 26.7 Å². The Morgan fingerprint density at radius 1 is 1.00 bits per heavy atom.